The van der Waals surface area contributed by atoms with Crippen LogP contribution in [0, 0.1) is 0 Å². The van der Waals surface area contributed by atoms with Gasteiger partial charge in [0, 0.05) is 70.7 Å². The van der Waals surface area contributed by atoms with Crippen LogP contribution in [-0.2, 0) is 0 Å². The van der Waals surface area contributed by atoms with Gasteiger partial charge in [0.2, 0.25) is 0 Å². The van der Waals surface area contributed by atoms with E-state index in [-0.39, 0.29) is 18.4 Å². The Kier molecular flexibility index (Phi) is 7.91. The molecule has 1 aromatic heterocycles. The first kappa shape index (κ1) is 23.9. The van der Waals surface area contributed by atoms with Crippen molar-refractivity contribution in [3.8, 4) is 5.75 Å². The lowest BCUT2D eigenvalue weighted by Gasteiger charge is -2.36. The highest BCUT2D eigenvalue weighted by Crippen LogP contribution is 2.21. The summed E-state index contributed by atoms with van der Waals surface area (Å²) in [7, 11) is 0. The van der Waals surface area contributed by atoms with E-state index in [1.165, 1.54) is 12.1 Å². The number of alkyl halides is 2. The van der Waals surface area contributed by atoms with Crippen molar-refractivity contribution < 1.29 is 23.4 Å². The number of halogens is 2. The molecule has 4 rings (SSSR count). The number of urea groups is 1. The fourth-order valence-electron chi connectivity index (χ4n) is 4.09. The number of piperazine rings is 2. The molecule has 12 heteroatoms. The van der Waals surface area contributed by atoms with Crippen LogP contribution in [0.4, 0.5) is 30.9 Å². The molecule has 2 amide bonds. The predicted octanol–water partition coefficient (Wildman–Crippen LogP) is 1.55. The molecule has 0 spiro atoms. The molecule has 0 saturated carbocycles. The maximum atomic E-state index is 12.6. The van der Waals surface area contributed by atoms with E-state index < -0.39 is 6.61 Å². The summed E-state index contributed by atoms with van der Waals surface area (Å²) in [6.45, 7) is 3.62. The van der Waals surface area contributed by atoms with Gasteiger partial charge in [-0.25, -0.2) is 4.79 Å². The molecule has 0 aliphatic carbocycles. The number of rotatable bonds is 7. The quantitative estimate of drug-likeness (QED) is 0.620. The summed E-state index contributed by atoms with van der Waals surface area (Å²) in [6.07, 6.45) is 0. The average Bonchev–Trinajstić information content (AvgIpc) is 2.85. The van der Waals surface area contributed by atoms with E-state index in [0.717, 1.165) is 37.8 Å². The lowest BCUT2D eigenvalue weighted by Crippen LogP contribution is -2.50. The molecule has 0 bridgehead atoms. The number of aromatic nitrogens is 2. The van der Waals surface area contributed by atoms with Gasteiger partial charge in [0.05, 0.1) is 6.61 Å². The molecule has 1 aromatic carbocycles. The van der Waals surface area contributed by atoms with E-state index in [1.54, 1.807) is 17.0 Å². The van der Waals surface area contributed by atoms with Gasteiger partial charge in [0.1, 0.15) is 5.75 Å². The standard InChI is InChI=1S/C22H29F2N7O3/c23-21(24)34-18-3-1-2-17(16-18)25-22(33)31-12-10-30(11-13-31)20-5-4-19(26-27-20)29-8-6-28(7-9-29)14-15-32/h1-5,16,21,32H,6-15H2,(H,25,33). The highest BCUT2D eigenvalue weighted by Gasteiger charge is 2.23. The molecule has 0 atom stereocenters. The van der Waals surface area contributed by atoms with E-state index >= 15 is 0 Å². The number of carbonyl (C=O) groups excluding carboxylic acids is 1. The van der Waals surface area contributed by atoms with Gasteiger partial charge in [-0.3, -0.25) is 4.90 Å². The van der Waals surface area contributed by atoms with E-state index in [9.17, 15) is 13.6 Å². The van der Waals surface area contributed by atoms with Crippen LogP contribution >= 0.6 is 0 Å². The number of nitrogens with one attached hydrogen (secondary N) is 1. The van der Waals surface area contributed by atoms with Crippen molar-refractivity contribution in [1.29, 1.82) is 0 Å². The normalized spacial score (nSPS) is 17.2. The summed E-state index contributed by atoms with van der Waals surface area (Å²) in [5.74, 6) is 1.59. The van der Waals surface area contributed by atoms with Gasteiger partial charge < -0.3 is 29.9 Å². The summed E-state index contributed by atoms with van der Waals surface area (Å²) >= 11 is 0. The second kappa shape index (κ2) is 11.3. The van der Waals surface area contributed by atoms with Crippen LogP contribution in [0.5, 0.6) is 5.75 Å². The molecule has 34 heavy (non-hydrogen) atoms. The Balaban J connectivity index is 1.25. The number of benzene rings is 1. The Bertz CT molecular complexity index is 934. The molecule has 0 unspecified atom stereocenters. The van der Waals surface area contributed by atoms with Crippen LogP contribution in [0.15, 0.2) is 36.4 Å². The van der Waals surface area contributed by atoms with Gasteiger partial charge in [-0.2, -0.15) is 8.78 Å². The van der Waals surface area contributed by atoms with Gasteiger partial charge >= 0.3 is 12.6 Å². The number of anilines is 3. The fraction of sp³-hybridized carbons (Fsp3) is 0.500. The van der Waals surface area contributed by atoms with Gasteiger partial charge in [-0.15, -0.1) is 10.2 Å². The third-order valence-corrected chi connectivity index (χ3v) is 5.95. The SMILES string of the molecule is O=C(Nc1cccc(OC(F)F)c1)N1CCN(c2ccc(N3CCN(CCO)CC3)nn2)CC1. The summed E-state index contributed by atoms with van der Waals surface area (Å²) in [6, 6.07) is 9.56. The first-order valence-corrected chi connectivity index (χ1v) is 11.3. The summed E-state index contributed by atoms with van der Waals surface area (Å²) < 4.78 is 29.2. The van der Waals surface area contributed by atoms with E-state index in [1.807, 2.05) is 12.1 Å². The second-order valence-electron chi connectivity index (χ2n) is 8.11. The van der Waals surface area contributed by atoms with Crippen molar-refractivity contribution >= 4 is 23.4 Å². The summed E-state index contributed by atoms with van der Waals surface area (Å²) in [5.41, 5.74) is 0.393. The monoisotopic (exact) mass is 477 g/mol. The average molecular weight is 478 g/mol. The lowest BCUT2D eigenvalue weighted by molar-refractivity contribution is -0.0498. The lowest BCUT2D eigenvalue weighted by atomic mass is 10.3. The number of aliphatic hydroxyl groups is 1. The third kappa shape index (κ3) is 6.20. The number of ether oxygens (including phenoxy) is 1. The van der Waals surface area contributed by atoms with Crippen LogP contribution in [0.1, 0.15) is 0 Å². The van der Waals surface area contributed by atoms with Crippen molar-refractivity contribution in [1.82, 2.24) is 20.0 Å². The zero-order chi connectivity index (χ0) is 23.9. The third-order valence-electron chi connectivity index (χ3n) is 5.95. The fourth-order valence-corrected chi connectivity index (χ4v) is 4.09. The number of hydrogen-bond acceptors (Lipinski definition) is 8. The van der Waals surface area contributed by atoms with Crippen molar-refractivity contribution in [2.75, 3.05) is 80.6 Å². The van der Waals surface area contributed by atoms with E-state index in [0.29, 0.717) is 38.4 Å². The minimum atomic E-state index is -2.92. The number of β-amino-alcohol motifs (C(OH)–C–C–N with tert-alkyl or cyclic N) is 1. The molecule has 2 aromatic rings. The highest BCUT2D eigenvalue weighted by molar-refractivity contribution is 5.89. The minimum absolute atomic E-state index is 0.00770. The molecule has 2 fully saturated rings. The Morgan fingerprint density at radius 3 is 2.15 bits per heavy atom. The predicted molar refractivity (Wildman–Crippen MR) is 124 cm³/mol. The Morgan fingerprint density at radius 1 is 0.971 bits per heavy atom. The smallest absolute Gasteiger partial charge is 0.387 e. The molecule has 3 heterocycles. The Morgan fingerprint density at radius 2 is 1.59 bits per heavy atom. The maximum Gasteiger partial charge on any atom is 0.387 e. The zero-order valence-electron chi connectivity index (χ0n) is 18.8. The molecule has 2 saturated heterocycles. The first-order chi connectivity index (χ1) is 16.5. The maximum absolute atomic E-state index is 12.6. The number of hydrogen-bond donors (Lipinski definition) is 2. The first-order valence-electron chi connectivity index (χ1n) is 11.3. The minimum Gasteiger partial charge on any atom is -0.435 e. The van der Waals surface area contributed by atoms with Gasteiger partial charge in [0.15, 0.2) is 11.6 Å². The van der Waals surface area contributed by atoms with Gasteiger partial charge in [0.25, 0.3) is 0 Å². The molecule has 10 nitrogen and oxygen atoms in total. The van der Waals surface area contributed by atoms with Crippen molar-refractivity contribution in [2.24, 2.45) is 0 Å². The second-order valence-corrected chi connectivity index (χ2v) is 8.11. The number of nitrogens with zero attached hydrogens (tertiary/aromatic N) is 6. The van der Waals surface area contributed by atoms with Gasteiger partial charge in [-0.1, -0.05) is 6.07 Å². The van der Waals surface area contributed by atoms with Crippen LogP contribution in [0.2, 0.25) is 0 Å². The Labute approximate surface area is 196 Å². The summed E-state index contributed by atoms with van der Waals surface area (Å²) in [5, 5.41) is 20.6. The molecule has 0 radical (unpaired) electrons. The molecule has 2 aliphatic heterocycles. The molecular weight excluding hydrogens is 448 g/mol. The van der Waals surface area contributed by atoms with Crippen molar-refractivity contribution in [3.63, 3.8) is 0 Å². The highest BCUT2D eigenvalue weighted by atomic mass is 19.3. The van der Waals surface area contributed by atoms with Crippen LogP contribution in [0.25, 0.3) is 0 Å². The number of aliphatic hydroxyl groups excluding tert-OH is 1. The van der Waals surface area contributed by atoms with Crippen LogP contribution in [-0.4, -0.2) is 103 Å². The van der Waals surface area contributed by atoms with Gasteiger partial charge in [-0.05, 0) is 24.3 Å². The molecule has 2 aliphatic rings. The van der Waals surface area contributed by atoms with Crippen molar-refractivity contribution in [2.45, 2.75) is 6.61 Å². The van der Waals surface area contributed by atoms with E-state index in [2.05, 4.69) is 35.0 Å². The Hall–Kier alpha value is -3.25. The topological polar surface area (TPSA) is 97.3 Å². The molecular formula is C22H29F2N7O3. The molecule has 2 N–H and O–H groups in total. The number of carbonyl (C=O) groups is 1. The number of amides is 2. The van der Waals surface area contributed by atoms with Crippen LogP contribution in [0.3, 0.4) is 0 Å². The molecule has 184 valence electrons. The summed E-state index contributed by atoms with van der Waals surface area (Å²) in [4.78, 5) is 20.7. The largest absolute Gasteiger partial charge is 0.435 e. The van der Waals surface area contributed by atoms with E-state index in [4.69, 9.17) is 5.11 Å². The van der Waals surface area contributed by atoms with Crippen LogP contribution < -0.4 is 19.9 Å². The van der Waals surface area contributed by atoms with Crippen molar-refractivity contribution in [3.05, 3.63) is 36.4 Å². The zero-order valence-corrected chi connectivity index (χ0v) is 18.8.